The molecule has 0 saturated heterocycles. The number of aromatic nitrogens is 4. The lowest BCUT2D eigenvalue weighted by Crippen LogP contribution is -2.37. The smallest absolute Gasteiger partial charge is 0.165 e. The Morgan fingerprint density at radius 1 is 0.545 bits per heavy atom. The molecule has 0 aliphatic carbocycles. The van der Waals surface area contributed by atoms with Crippen LogP contribution < -0.4 is 10.2 Å². The molecule has 1 atom stereocenters. The molecule has 2 N–H and O–H groups in total. The van der Waals surface area contributed by atoms with Gasteiger partial charge in [0.25, 0.3) is 0 Å². The number of anilines is 2. The number of para-hydroxylation sites is 4. The van der Waals surface area contributed by atoms with Crippen molar-refractivity contribution in [1.29, 1.82) is 0 Å². The lowest BCUT2D eigenvalue weighted by atomic mass is 10.0. The van der Waals surface area contributed by atoms with Crippen LogP contribution in [0.25, 0.3) is 76.1 Å². The monoisotopic (exact) mass is 723 g/mol. The number of hydrogen-bond acceptors (Lipinski definition) is 7. The Labute approximate surface area is 319 Å². The van der Waals surface area contributed by atoms with E-state index in [9.17, 15) is 0 Å². The third kappa shape index (κ3) is 4.55. The molecule has 0 radical (unpaired) electrons. The minimum Gasteiger partial charge on any atom is -0.359 e. The van der Waals surface area contributed by atoms with E-state index in [-0.39, 0.29) is 6.17 Å². The molecule has 7 aromatic carbocycles. The second kappa shape index (κ2) is 11.7. The molecule has 0 saturated carbocycles. The standard InChI is InChI=1S/C47H29N7S/c1-2-13-27(14-3-1)43-51-44(53-45(52-43)34-21-10-17-29-28-15-5-9-26-39(28)55-42(29)34)32-19-12-24-37-40(32)31-18-11-20-33(41(31)48-37)47-49-35-22-6-4-16-30(35)46-50-36-23-7-8-25-38(36)54(46)47/h1-26,46,48,50H. The van der Waals surface area contributed by atoms with Gasteiger partial charge >= 0.3 is 0 Å². The van der Waals surface area contributed by atoms with Crippen LogP contribution in [0, 0.1) is 0 Å². The Hall–Kier alpha value is -7.16. The summed E-state index contributed by atoms with van der Waals surface area (Å²) in [6, 6.07) is 54.9. The van der Waals surface area contributed by atoms with E-state index in [1.165, 1.54) is 20.2 Å². The maximum Gasteiger partial charge on any atom is 0.165 e. The molecule has 258 valence electrons. The van der Waals surface area contributed by atoms with E-state index < -0.39 is 0 Å². The highest BCUT2D eigenvalue weighted by atomic mass is 32.1. The van der Waals surface area contributed by atoms with Gasteiger partial charge in [-0.05, 0) is 42.5 Å². The van der Waals surface area contributed by atoms with Crippen molar-refractivity contribution in [2.75, 3.05) is 10.2 Å². The average molecular weight is 724 g/mol. The van der Waals surface area contributed by atoms with Crippen LogP contribution in [0.4, 0.5) is 17.1 Å². The van der Waals surface area contributed by atoms with Crippen molar-refractivity contribution in [2.24, 2.45) is 4.99 Å². The first-order valence-electron chi connectivity index (χ1n) is 18.4. The van der Waals surface area contributed by atoms with E-state index in [1.54, 1.807) is 11.3 Å². The van der Waals surface area contributed by atoms with Gasteiger partial charge in [-0.2, -0.15) is 0 Å². The lowest BCUT2D eigenvalue weighted by molar-refractivity contribution is 0.832. The van der Waals surface area contributed by atoms with E-state index in [0.717, 1.165) is 72.5 Å². The Bertz CT molecular complexity index is 3220. The summed E-state index contributed by atoms with van der Waals surface area (Å²) in [7, 11) is 0. The normalized spacial score (nSPS) is 14.6. The molecule has 0 spiro atoms. The van der Waals surface area contributed by atoms with Crippen molar-refractivity contribution in [2.45, 2.75) is 6.17 Å². The number of hydrogen-bond donors (Lipinski definition) is 2. The van der Waals surface area contributed by atoms with Gasteiger partial charge in [0.15, 0.2) is 17.5 Å². The van der Waals surface area contributed by atoms with E-state index in [0.29, 0.717) is 17.5 Å². The molecule has 2 aliphatic rings. The van der Waals surface area contributed by atoms with Crippen LogP contribution in [0.5, 0.6) is 0 Å². The van der Waals surface area contributed by atoms with Crippen molar-refractivity contribution < 1.29 is 0 Å². The quantitative estimate of drug-likeness (QED) is 0.189. The minimum absolute atomic E-state index is 0.0678. The SMILES string of the molecule is c1ccc(-c2nc(-c3cccc4c3sc3ccccc34)nc(-c3cccc4[nH]c5c(C6=Nc7ccccc7C7Nc8ccccc8N67)cccc5c34)n2)cc1. The first-order chi connectivity index (χ1) is 27.3. The summed E-state index contributed by atoms with van der Waals surface area (Å²) in [5.74, 6) is 2.81. The number of thiophene rings is 1. The van der Waals surface area contributed by atoms with Gasteiger partial charge in [-0.1, -0.05) is 115 Å². The molecule has 0 fully saturated rings. The van der Waals surface area contributed by atoms with Crippen molar-refractivity contribution in [3.8, 4) is 34.2 Å². The van der Waals surface area contributed by atoms with Crippen LogP contribution in [0.1, 0.15) is 17.3 Å². The molecule has 3 aromatic heterocycles. The molecule has 8 heteroatoms. The number of H-pyrrole nitrogens is 1. The van der Waals surface area contributed by atoms with E-state index in [4.69, 9.17) is 19.9 Å². The van der Waals surface area contributed by atoms with Gasteiger partial charge in [-0.3, -0.25) is 4.90 Å². The van der Waals surface area contributed by atoms with E-state index in [1.807, 2.05) is 18.2 Å². The molecule has 2 aliphatic heterocycles. The Balaban J connectivity index is 1.08. The first kappa shape index (κ1) is 30.3. The summed E-state index contributed by atoms with van der Waals surface area (Å²) < 4.78 is 2.41. The number of benzene rings is 7. The number of nitrogens with zero attached hydrogens (tertiary/aromatic N) is 5. The molecule has 55 heavy (non-hydrogen) atoms. The van der Waals surface area contributed by atoms with E-state index in [2.05, 4.69) is 155 Å². The largest absolute Gasteiger partial charge is 0.359 e. The fourth-order valence-corrected chi connectivity index (χ4v) is 9.61. The van der Waals surface area contributed by atoms with Gasteiger partial charge in [0, 0.05) is 64.3 Å². The van der Waals surface area contributed by atoms with Crippen LogP contribution >= 0.6 is 11.3 Å². The second-order valence-corrected chi connectivity index (χ2v) is 15.0. The Morgan fingerprint density at radius 2 is 1.24 bits per heavy atom. The van der Waals surface area contributed by atoms with Crippen molar-refractivity contribution >= 4 is 76.2 Å². The van der Waals surface area contributed by atoms with Crippen molar-refractivity contribution in [1.82, 2.24) is 19.9 Å². The molecule has 5 heterocycles. The number of amidine groups is 1. The van der Waals surface area contributed by atoms with Gasteiger partial charge in [-0.25, -0.2) is 19.9 Å². The fourth-order valence-electron chi connectivity index (χ4n) is 8.39. The fraction of sp³-hybridized carbons (Fsp3) is 0.0213. The molecule has 1 unspecified atom stereocenters. The number of aliphatic imine (C=N–C) groups is 1. The summed E-state index contributed by atoms with van der Waals surface area (Å²) in [6.45, 7) is 0. The number of fused-ring (bicyclic) bond motifs is 11. The average Bonchev–Trinajstić information content (AvgIpc) is 3.95. The van der Waals surface area contributed by atoms with Crippen LogP contribution in [0.3, 0.4) is 0 Å². The molecule has 12 rings (SSSR count). The molecule has 10 aromatic rings. The Kier molecular flexibility index (Phi) is 6.43. The van der Waals surface area contributed by atoms with Crippen molar-refractivity contribution in [3.63, 3.8) is 0 Å². The first-order valence-corrected chi connectivity index (χ1v) is 19.2. The third-order valence-electron chi connectivity index (χ3n) is 10.9. The summed E-state index contributed by atoms with van der Waals surface area (Å²) in [5.41, 5.74) is 10.2. The minimum atomic E-state index is -0.0678. The van der Waals surface area contributed by atoms with E-state index >= 15 is 0 Å². The zero-order chi connectivity index (χ0) is 36.0. The predicted molar refractivity (Wildman–Crippen MR) is 226 cm³/mol. The third-order valence-corrected chi connectivity index (χ3v) is 12.1. The van der Waals surface area contributed by atoms with Gasteiger partial charge < -0.3 is 10.3 Å². The second-order valence-electron chi connectivity index (χ2n) is 14.0. The summed E-state index contributed by atoms with van der Waals surface area (Å²) >= 11 is 1.78. The molecule has 7 nitrogen and oxygen atoms in total. The van der Waals surface area contributed by atoms with Gasteiger partial charge in [-0.15, -0.1) is 11.3 Å². The predicted octanol–water partition coefficient (Wildman–Crippen LogP) is 11.9. The maximum atomic E-state index is 5.34. The number of nitrogens with one attached hydrogen (secondary N) is 2. The summed E-state index contributed by atoms with van der Waals surface area (Å²) in [5, 5.41) is 8.36. The molecular formula is C47H29N7S. The van der Waals surface area contributed by atoms with Crippen LogP contribution in [0.2, 0.25) is 0 Å². The zero-order valence-corrected chi connectivity index (χ0v) is 30.0. The highest BCUT2D eigenvalue weighted by molar-refractivity contribution is 7.26. The highest BCUT2D eigenvalue weighted by Crippen LogP contribution is 2.48. The molecule has 0 bridgehead atoms. The number of aromatic amines is 1. The van der Waals surface area contributed by atoms with Crippen LogP contribution in [0.15, 0.2) is 163 Å². The maximum absolute atomic E-state index is 5.34. The van der Waals surface area contributed by atoms with Crippen LogP contribution in [-0.2, 0) is 0 Å². The lowest BCUT2D eigenvalue weighted by Gasteiger charge is -2.33. The van der Waals surface area contributed by atoms with Gasteiger partial charge in [0.05, 0.1) is 22.6 Å². The summed E-state index contributed by atoms with van der Waals surface area (Å²) in [6.07, 6.45) is -0.0678. The highest BCUT2D eigenvalue weighted by Gasteiger charge is 2.38. The Morgan fingerprint density at radius 3 is 2.16 bits per heavy atom. The van der Waals surface area contributed by atoms with Crippen LogP contribution in [-0.4, -0.2) is 25.8 Å². The molecular weight excluding hydrogens is 695 g/mol. The van der Waals surface area contributed by atoms with Gasteiger partial charge in [0.2, 0.25) is 0 Å². The molecule has 0 amide bonds. The topological polar surface area (TPSA) is 82.1 Å². The van der Waals surface area contributed by atoms with Crippen molar-refractivity contribution in [3.05, 3.63) is 169 Å². The zero-order valence-electron chi connectivity index (χ0n) is 29.2. The number of rotatable bonds is 4. The summed E-state index contributed by atoms with van der Waals surface area (Å²) in [4.78, 5) is 27.1. The van der Waals surface area contributed by atoms with Gasteiger partial charge in [0.1, 0.15) is 12.0 Å².